The smallest absolute Gasteiger partial charge is 0.186 e. The lowest BCUT2D eigenvalue weighted by atomic mass is 10.0. The molecule has 0 fully saturated rings. The minimum Gasteiger partial charge on any atom is -0.343 e. The standard InChI is InChI=1S/C19H24N4S/c1-5-13-6-7-15-17(10-13)24-18(21-15)22-9-8-16-14(12-22)11-20-23(16)19(2,3)4/h6-7,10-11H,5,8-9,12H2,1-4H3. The van der Waals surface area contributed by atoms with Gasteiger partial charge in [-0.15, -0.1) is 0 Å². The molecule has 0 atom stereocenters. The number of thiazole rings is 1. The minimum atomic E-state index is 0.0438. The van der Waals surface area contributed by atoms with E-state index in [9.17, 15) is 0 Å². The first-order chi connectivity index (χ1) is 11.5. The van der Waals surface area contributed by atoms with E-state index in [0.29, 0.717) is 0 Å². The number of hydrogen-bond acceptors (Lipinski definition) is 4. The van der Waals surface area contributed by atoms with Crippen LogP contribution in [-0.4, -0.2) is 21.3 Å². The summed E-state index contributed by atoms with van der Waals surface area (Å²) in [6.45, 7) is 10.8. The average molecular weight is 340 g/mol. The maximum Gasteiger partial charge on any atom is 0.186 e. The Hall–Kier alpha value is -1.88. The van der Waals surface area contributed by atoms with Crippen LogP contribution < -0.4 is 4.90 Å². The molecule has 0 unspecified atom stereocenters. The van der Waals surface area contributed by atoms with Crippen molar-refractivity contribution in [3.63, 3.8) is 0 Å². The lowest BCUT2D eigenvalue weighted by Crippen LogP contribution is -2.33. The van der Waals surface area contributed by atoms with E-state index in [2.05, 4.69) is 60.6 Å². The van der Waals surface area contributed by atoms with Crippen LogP contribution in [-0.2, 0) is 24.9 Å². The van der Waals surface area contributed by atoms with Crippen molar-refractivity contribution in [3.8, 4) is 0 Å². The highest BCUT2D eigenvalue weighted by Gasteiger charge is 2.26. The highest BCUT2D eigenvalue weighted by atomic mass is 32.1. The summed E-state index contributed by atoms with van der Waals surface area (Å²) in [5, 5.41) is 5.77. The monoisotopic (exact) mass is 340 g/mol. The molecule has 1 aliphatic rings. The molecule has 1 aromatic carbocycles. The Morgan fingerprint density at radius 1 is 1.25 bits per heavy atom. The van der Waals surface area contributed by atoms with Gasteiger partial charge in [-0.3, -0.25) is 4.68 Å². The average Bonchev–Trinajstić information content (AvgIpc) is 3.16. The number of fused-ring (bicyclic) bond motifs is 2. The third kappa shape index (κ3) is 2.61. The number of aromatic nitrogens is 3. The lowest BCUT2D eigenvalue weighted by molar-refractivity contribution is 0.341. The van der Waals surface area contributed by atoms with E-state index in [-0.39, 0.29) is 5.54 Å². The fourth-order valence-electron chi connectivity index (χ4n) is 3.39. The van der Waals surface area contributed by atoms with Gasteiger partial charge >= 0.3 is 0 Å². The summed E-state index contributed by atoms with van der Waals surface area (Å²) in [6, 6.07) is 6.62. The number of hydrogen-bond donors (Lipinski definition) is 0. The van der Waals surface area contributed by atoms with Gasteiger partial charge in [-0.05, 0) is 44.9 Å². The van der Waals surface area contributed by atoms with Crippen molar-refractivity contribution < 1.29 is 0 Å². The quantitative estimate of drug-likeness (QED) is 0.694. The van der Waals surface area contributed by atoms with Crippen molar-refractivity contribution in [3.05, 3.63) is 41.2 Å². The summed E-state index contributed by atoms with van der Waals surface area (Å²) in [6.07, 6.45) is 4.14. The van der Waals surface area contributed by atoms with Crippen molar-refractivity contribution in [1.82, 2.24) is 14.8 Å². The highest BCUT2D eigenvalue weighted by molar-refractivity contribution is 7.22. The van der Waals surface area contributed by atoms with Gasteiger partial charge in [-0.1, -0.05) is 24.3 Å². The summed E-state index contributed by atoms with van der Waals surface area (Å²) in [5.41, 5.74) is 5.26. The Morgan fingerprint density at radius 2 is 2.08 bits per heavy atom. The first-order valence-corrected chi connectivity index (χ1v) is 9.48. The second-order valence-electron chi connectivity index (χ2n) is 7.52. The molecule has 24 heavy (non-hydrogen) atoms. The SMILES string of the molecule is CCc1ccc2nc(N3CCc4c(cnn4C(C)(C)C)C3)sc2c1. The van der Waals surface area contributed by atoms with Gasteiger partial charge in [0.05, 0.1) is 22.0 Å². The Bertz CT molecular complexity index is 885. The van der Waals surface area contributed by atoms with Gasteiger partial charge in [0, 0.05) is 30.8 Å². The Kier molecular flexibility index (Phi) is 3.64. The predicted octanol–water partition coefficient (Wildman–Crippen LogP) is 4.37. The molecule has 5 heteroatoms. The molecule has 4 rings (SSSR count). The molecule has 3 heterocycles. The van der Waals surface area contributed by atoms with E-state index < -0.39 is 0 Å². The lowest BCUT2D eigenvalue weighted by Gasteiger charge is -2.29. The fourth-order valence-corrected chi connectivity index (χ4v) is 4.44. The van der Waals surface area contributed by atoms with Crippen molar-refractivity contribution in [1.29, 1.82) is 0 Å². The van der Waals surface area contributed by atoms with E-state index in [1.807, 2.05) is 17.5 Å². The topological polar surface area (TPSA) is 34.0 Å². The van der Waals surface area contributed by atoms with Crippen LogP contribution in [0.2, 0.25) is 0 Å². The molecule has 0 radical (unpaired) electrons. The van der Waals surface area contributed by atoms with Crippen molar-refractivity contribution in [2.75, 3.05) is 11.4 Å². The Morgan fingerprint density at radius 3 is 2.83 bits per heavy atom. The zero-order valence-electron chi connectivity index (χ0n) is 14.8. The molecule has 0 saturated carbocycles. The van der Waals surface area contributed by atoms with E-state index >= 15 is 0 Å². The molecule has 126 valence electrons. The second-order valence-corrected chi connectivity index (χ2v) is 8.53. The number of rotatable bonds is 2. The van der Waals surface area contributed by atoms with Gasteiger partial charge in [-0.25, -0.2) is 4.98 Å². The highest BCUT2D eigenvalue weighted by Crippen LogP contribution is 2.33. The molecule has 0 spiro atoms. The van der Waals surface area contributed by atoms with Gasteiger partial charge in [0.25, 0.3) is 0 Å². The Balaban J connectivity index is 1.64. The van der Waals surface area contributed by atoms with Crippen molar-refractivity contribution in [2.24, 2.45) is 0 Å². The molecule has 0 N–H and O–H groups in total. The molecule has 0 amide bonds. The van der Waals surface area contributed by atoms with Crippen LogP contribution in [0.1, 0.15) is 44.5 Å². The molecule has 0 bridgehead atoms. The van der Waals surface area contributed by atoms with E-state index in [0.717, 1.165) is 36.6 Å². The van der Waals surface area contributed by atoms with Gasteiger partial charge < -0.3 is 4.90 Å². The van der Waals surface area contributed by atoms with Gasteiger partial charge in [0.15, 0.2) is 5.13 Å². The van der Waals surface area contributed by atoms with Crippen LogP contribution in [0.15, 0.2) is 24.4 Å². The van der Waals surface area contributed by atoms with Crippen LogP contribution in [0.4, 0.5) is 5.13 Å². The number of aryl methyl sites for hydroxylation is 1. The number of anilines is 1. The van der Waals surface area contributed by atoms with Crippen LogP contribution in [0.5, 0.6) is 0 Å². The normalized spacial score (nSPS) is 15.1. The van der Waals surface area contributed by atoms with E-state index in [4.69, 9.17) is 4.98 Å². The molecular weight excluding hydrogens is 316 g/mol. The summed E-state index contributed by atoms with van der Waals surface area (Å²) < 4.78 is 3.48. The zero-order chi connectivity index (χ0) is 16.9. The van der Waals surface area contributed by atoms with Crippen LogP contribution >= 0.6 is 11.3 Å². The predicted molar refractivity (Wildman–Crippen MR) is 101 cm³/mol. The summed E-state index contributed by atoms with van der Waals surface area (Å²) in [7, 11) is 0. The number of nitrogens with zero attached hydrogens (tertiary/aromatic N) is 4. The fraction of sp³-hybridized carbons (Fsp3) is 0.474. The molecule has 3 aromatic rings. The van der Waals surface area contributed by atoms with E-state index in [1.54, 1.807) is 0 Å². The van der Waals surface area contributed by atoms with Gasteiger partial charge in [0.2, 0.25) is 0 Å². The third-order valence-corrected chi connectivity index (χ3v) is 5.77. The van der Waals surface area contributed by atoms with Crippen LogP contribution in [0, 0.1) is 0 Å². The second kappa shape index (κ2) is 5.59. The summed E-state index contributed by atoms with van der Waals surface area (Å²) >= 11 is 1.81. The van der Waals surface area contributed by atoms with Crippen LogP contribution in [0.25, 0.3) is 10.2 Å². The largest absolute Gasteiger partial charge is 0.343 e. The first-order valence-electron chi connectivity index (χ1n) is 8.66. The number of benzene rings is 1. The molecule has 0 saturated heterocycles. The van der Waals surface area contributed by atoms with Crippen molar-refractivity contribution in [2.45, 2.75) is 52.6 Å². The minimum absolute atomic E-state index is 0.0438. The molecule has 2 aromatic heterocycles. The maximum atomic E-state index is 4.86. The van der Waals surface area contributed by atoms with E-state index in [1.165, 1.54) is 21.5 Å². The zero-order valence-corrected chi connectivity index (χ0v) is 15.7. The maximum absolute atomic E-state index is 4.86. The molecular formula is C19H24N4S. The Labute approximate surface area is 147 Å². The molecule has 1 aliphatic heterocycles. The molecule has 4 nitrogen and oxygen atoms in total. The van der Waals surface area contributed by atoms with Gasteiger partial charge in [0.1, 0.15) is 0 Å². The first kappa shape index (κ1) is 15.6. The summed E-state index contributed by atoms with van der Waals surface area (Å²) in [5.74, 6) is 0. The van der Waals surface area contributed by atoms with Gasteiger partial charge in [-0.2, -0.15) is 5.10 Å². The summed E-state index contributed by atoms with van der Waals surface area (Å²) in [4.78, 5) is 7.25. The van der Waals surface area contributed by atoms with Crippen LogP contribution in [0.3, 0.4) is 0 Å². The van der Waals surface area contributed by atoms with Crippen molar-refractivity contribution >= 4 is 26.7 Å². The molecule has 0 aliphatic carbocycles. The third-order valence-electron chi connectivity index (χ3n) is 4.69.